The zero-order valence-electron chi connectivity index (χ0n) is 12.6. The van der Waals surface area contributed by atoms with Crippen LogP contribution in [0.15, 0.2) is 12.1 Å². The second kappa shape index (κ2) is 7.58. The van der Waals surface area contributed by atoms with Crippen molar-refractivity contribution in [1.29, 1.82) is 0 Å². The molecule has 1 atom stereocenters. The fourth-order valence-electron chi connectivity index (χ4n) is 1.93. The molecule has 1 unspecified atom stereocenters. The molecule has 0 aromatic heterocycles. The van der Waals surface area contributed by atoms with Gasteiger partial charge in [0.25, 0.3) is 0 Å². The summed E-state index contributed by atoms with van der Waals surface area (Å²) in [6, 6.07) is 2.56. The average molecular weight is 296 g/mol. The van der Waals surface area contributed by atoms with Crippen LogP contribution >= 0.6 is 0 Å². The number of nitro groups is 1. The van der Waals surface area contributed by atoms with Crippen LogP contribution in [0.3, 0.4) is 0 Å². The zero-order valence-corrected chi connectivity index (χ0v) is 12.6. The predicted molar refractivity (Wildman–Crippen MR) is 77.5 cm³/mol. The maximum Gasteiger partial charge on any atom is 0.326 e. The summed E-state index contributed by atoms with van der Waals surface area (Å²) in [5.41, 5.74) is 1.33. The Bertz CT molecular complexity index is 530. The Morgan fingerprint density at radius 2 is 2.10 bits per heavy atom. The van der Waals surface area contributed by atoms with Gasteiger partial charge in [-0.15, -0.1) is 0 Å². The van der Waals surface area contributed by atoms with E-state index in [2.05, 4.69) is 5.32 Å². The first-order valence-electron chi connectivity index (χ1n) is 6.63. The largest absolute Gasteiger partial charge is 0.484 e. The van der Waals surface area contributed by atoms with Gasteiger partial charge in [-0.3, -0.25) is 14.9 Å². The van der Waals surface area contributed by atoms with Crippen LogP contribution < -0.4 is 10.1 Å². The molecule has 1 aromatic rings. The van der Waals surface area contributed by atoms with Crippen LogP contribution in [0.5, 0.6) is 5.75 Å². The quantitative estimate of drug-likeness (QED) is 0.468. The van der Waals surface area contributed by atoms with Crippen molar-refractivity contribution in [3.63, 3.8) is 0 Å². The minimum Gasteiger partial charge on any atom is -0.484 e. The Morgan fingerprint density at radius 3 is 2.62 bits per heavy atom. The maximum absolute atomic E-state index is 11.7. The number of nitro benzene ring substituents is 1. The van der Waals surface area contributed by atoms with Gasteiger partial charge in [0.2, 0.25) is 0 Å². The van der Waals surface area contributed by atoms with Crippen LogP contribution in [0.2, 0.25) is 0 Å². The van der Waals surface area contributed by atoms with E-state index in [0.717, 1.165) is 5.56 Å². The fraction of sp³-hybridized carbons (Fsp3) is 0.500. The lowest BCUT2D eigenvalue weighted by molar-refractivity contribution is -0.386. The van der Waals surface area contributed by atoms with Gasteiger partial charge in [0, 0.05) is 6.07 Å². The number of aryl methyl sites for hydroxylation is 2. The number of nitrogens with zero attached hydrogens (tertiary/aromatic N) is 1. The smallest absolute Gasteiger partial charge is 0.326 e. The van der Waals surface area contributed by atoms with Crippen molar-refractivity contribution in [1.82, 2.24) is 5.32 Å². The van der Waals surface area contributed by atoms with E-state index in [4.69, 9.17) is 9.47 Å². The van der Waals surface area contributed by atoms with E-state index in [-0.39, 0.29) is 24.7 Å². The third-order valence-electron chi connectivity index (χ3n) is 2.91. The number of ether oxygens (including phenoxy) is 2. The molecular weight excluding hydrogens is 276 g/mol. The number of carbonyl (C=O) groups is 1. The van der Waals surface area contributed by atoms with Gasteiger partial charge < -0.3 is 14.8 Å². The predicted octanol–water partition coefficient (Wildman–Crippen LogP) is 1.74. The van der Waals surface area contributed by atoms with Crippen LogP contribution in [0.4, 0.5) is 5.69 Å². The van der Waals surface area contributed by atoms with E-state index >= 15 is 0 Å². The Hall–Kier alpha value is -2.15. The van der Waals surface area contributed by atoms with Crippen LogP contribution in [-0.4, -0.2) is 37.2 Å². The number of carbonyl (C=O) groups excluding carboxylic acids is 1. The van der Waals surface area contributed by atoms with Gasteiger partial charge in [-0.25, -0.2) is 0 Å². The number of nitrogens with one attached hydrogen (secondary N) is 1. The molecule has 0 bridgehead atoms. The van der Waals surface area contributed by atoms with Crippen molar-refractivity contribution in [2.45, 2.75) is 26.8 Å². The number of benzene rings is 1. The SMILES string of the molecule is CCOC(=O)C(COc1c(C)cc(C)cc1[N+](=O)[O-])NC. The molecule has 116 valence electrons. The molecule has 0 heterocycles. The molecule has 0 spiro atoms. The minimum absolute atomic E-state index is 0.0416. The molecule has 7 heteroatoms. The molecule has 1 N–H and O–H groups in total. The Balaban J connectivity index is 2.92. The number of hydrogen-bond donors (Lipinski definition) is 1. The molecule has 21 heavy (non-hydrogen) atoms. The van der Waals surface area contributed by atoms with Gasteiger partial charge in [0.15, 0.2) is 5.75 Å². The summed E-state index contributed by atoms with van der Waals surface area (Å²) in [4.78, 5) is 22.3. The molecule has 0 saturated heterocycles. The molecule has 1 aromatic carbocycles. The topological polar surface area (TPSA) is 90.7 Å². The van der Waals surface area contributed by atoms with E-state index in [9.17, 15) is 14.9 Å². The molecular formula is C14H20N2O5. The Morgan fingerprint density at radius 1 is 1.43 bits per heavy atom. The highest BCUT2D eigenvalue weighted by Crippen LogP contribution is 2.32. The molecule has 0 radical (unpaired) electrons. The third kappa shape index (κ3) is 4.42. The maximum atomic E-state index is 11.7. The van der Waals surface area contributed by atoms with Crippen molar-refractivity contribution in [3.05, 3.63) is 33.4 Å². The number of hydrogen-bond acceptors (Lipinski definition) is 6. The second-order valence-corrected chi connectivity index (χ2v) is 4.59. The van der Waals surface area contributed by atoms with E-state index in [1.54, 1.807) is 33.9 Å². The van der Waals surface area contributed by atoms with Gasteiger partial charge in [-0.2, -0.15) is 0 Å². The molecule has 0 aliphatic carbocycles. The summed E-state index contributed by atoms with van der Waals surface area (Å²) in [5.74, 6) is -0.275. The summed E-state index contributed by atoms with van der Waals surface area (Å²) < 4.78 is 10.4. The molecule has 1 rings (SSSR count). The highest BCUT2D eigenvalue weighted by atomic mass is 16.6. The molecule has 0 saturated carbocycles. The van der Waals surface area contributed by atoms with Crippen LogP contribution in [0.1, 0.15) is 18.1 Å². The van der Waals surface area contributed by atoms with E-state index in [0.29, 0.717) is 5.56 Å². The van der Waals surface area contributed by atoms with Crippen LogP contribution in [-0.2, 0) is 9.53 Å². The third-order valence-corrected chi connectivity index (χ3v) is 2.91. The van der Waals surface area contributed by atoms with Crippen LogP contribution in [0, 0.1) is 24.0 Å². The molecule has 0 aliphatic rings. The molecule has 0 amide bonds. The monoisotopic (exact) mass is 296 g/mol. The van der Waals surface area contributed by atoms with E-state index in [1.165, 1.54) is 6.07 Å². The van der Waals surface area contributed by atoms with Crippen molar-refractivity contribution in [3.8, 4) is 5.75 Å². The summed E-state index contributed by atoms with van der Waals surface area (Å²) in [6.07, 6.45) is 0. The zero-order chi connectivity index (χ0) is 16.0. The standard InChI is InChI=1S/C14H20N2O5/c1-5-20-14(17)11(15-4)8-21-13-10(3)6-9(2)7-12(13)16(18)19/h6-7,11,15H,5,8H2,1-4H3. The van der Waals surface area contributed by atoms with Gasteiger partial charge in [-0.1, -0.05) is 6.07 Å². The lowest BCUT2D eigenvalue weighted by Gasteiger charge is -2.16. The van der Waals surface area contributed by atoms with Gasteiger partial charge in [-0.05, 0) is 38.9 Å². The van der Waals surface area contributed by atoms with E-state index < -0.39 is 16.9 Å². The van der Waals surface area contributed by atoms with E-state index in [1.807, 2.05) is 0 Å². The average Bonchev–Trinajstić information content (AvgIpc) is 2.41. The normalized spacial score (nSPS) is 11.8. The fourth-order valence-corrected chi connectivity index (χ4v) is 1.93. The highest BCUT2D eigenvalue weighted by Gasteiger charge is 2.23. The summed E-state index contributed by atoms with van der Waals surface area (Å²) >= 11 is 0. The number of rotatable bonds is 7. The molecule has 0 aliphatic heterocycles. The second-order valence-electron chi connectivity index (χ2n) is 4.59. The highest BCUT2D eigenvalue weighted by molar-refractivity contribution is 5.76. The number of esters is 1. The van der Waals surface area contributed by atoms with Crippen molar-refractivity contribution in [2.75, 3.05) is 20.3 Å². The van der Waals surface area contributed by atoms with Crippen molar-refractivity contribution >= 4 is 11.7 Å². The molecule has 0 fully saturated rings. The van der Waals surface area contributed by atoms with Gasteiger partial charge in [0.05, 0.1) is 11.5 Å². The first kappa shape index (κ1) is 16.9. The lowest BCUT2D eigenvalue weighted by atomic mass is 10.1. The lowest BCUT2D eigenvalue weighted by Crippen LogP contribution is -2.40. The molecule has 7 nitrogen and oxygen atoms in total. The van der Waals surface area contributed by atoms with Gasteiger partial charge >= 0.3 is 11.7 Å². The first-order chi connectivity index (χ1) is 9.90. The van der Waals surface area contributed by atoms with Crippen molar-refractivity contribution < 1.29 is 19.2 Å². The summed E-state index contributed by atoms with van der Waals surface area (Å²) in [6.45, 7) is 5.44. The minimum atomic E-state index is -0.676. The summed E-state index contributed by atoms with van der Waals surface area (Å²) in [7, 11) is 1.60. The van der Waals surface area contributed by atoms with Gasteiger partial charge in [0.1, 0.15) is 12.6 Å². The Kier molecular flexibility index (Phi) is 6.10. The Labute approximate surface area is 123 Å². The first-order valence-corrected chi connectivity index (χ1v) is 6.63. The summed E-state index contributed by atoms with van der Waals surface area (Å²) in [5, 5.41) is 13.9. The number of likely N-dealkylation sites (N-methyl/N-ethyl adjacent to an activating group) is 1. The van der Waals surface area contributed by atoms with Crippen LogP contribution in [0.25, 0.3) is 0 Å². The van der Waals surface area contributed by atoms with Crippen molar-refractivity contribution in [2.24, 2.45) is 0 Å².